The van der Waals surface area contributed by atoms with Crippen LogP contribution in [0.3, 0.4) is 0 Å². The molecule has 0 aliphatic heterocycles. The molecule has 0 aliphatic carbocycles. The summed E-state index contributed by atoms with van der Waals surface area (Å²) in [5, 5.41) is 4.06. The Morgan fingerprint density at radius 3 is 2.89 bits per heavy atom. The molecule has 1 aromatic heterocycles. The highest BCUT2D eigenvalue weighted by atomic mass is 16.2. The van der Waals surface area contributed by atoms with E-state index in [1.807, 2.05) is 12.1 Å². The maximum absolute atomic E-state index is 11.4. The molecule has 0 spiro atoms. The second kappa shape index (κ2) is 5.23. The third kappa shape index (κ3) is 2.54. The van der Waals surface area contributed by atoms with E-state index in [4.69, 9.17) is 5.73 Å². The predicted octanol–water partition coefficient (Wildman–Crippen LogP) is 1.48. The van der Waals surface area contributed by atoms with Crippen LogP contribution in [0.25, 0.3) is 10.9 Å². The van der Waals surface area contributed by atoms with Crippen LogP contribution in [0, 0.1) is 6.92 Å². The van der Waals surface area contributed by atoms with Gasteiger partial charge in [0.15, 0.2) is 0 Å². The lowest BCUT2D eigenvalue weighted by Gasteiger charge is -2.07. The molecule has 1 amide bonds. The summed E-state index contributed by atoms with van der Waals surface area (Å²) in [6.45, 7) is 4.36. The number of carbonyl (C=O) groups is 1. The molecular formula is C14H19N3O. The molecule has 0 saturated heterocycles. The molecule has 2 rings (SSSR count). The Balaban J connectivity index is 2.08. The van der Waals surface area contributed by atoms with E-state index in [9.17, 15) is 4.79 Å². The van der Waals surface area contributed by atoms with Crippen molar-refractivity contribution in [1.82, 2.24) is 10.3 Å². The zero-order valence-electron chi connectivity index (χ0n) is 10.8. The molecule has 1 heterocycles. The van der Waals surface area contributed by atoms with Crippen molar-refractivity contribution in [2.45, 2.75) is 26.3 Å². The van der Waals surface area contributed by atoms with Crippen molar-refractivity contribution in [3.63, 3.8) is 0 Å². The van der Waals surface area contributed by atoms with Crippen molar-refractivity contribution in [3.8, 4) is 0 Å². The van der Waals surface area contributed by atoms with Gasteiger partial charge in [-0.3, -0.25) is 4.79 Å². The maximum Gasteiger partial charge on any atom is 0.236 e. The van der Waals surface area contributed by atoms with Gasteiger partial charge in [-0.05, 0) is 31.9 Å². The summed E-state index contributed by atoms with van der Waals surface area (Å²) in [6.07, 6.45) is 0.814. The van der Waals surface area contributed by atoms with Crippen molar-refractivity contribution in [1.29, 1.82) is 0 Å². The zero-order chi connectivity index (χ0) is 13.1. The van der Waals surface area contributed by atoms with E-state index in [2.05, 4.69) is 29.4 Å². The molecular weight excluding hydrogens is 226 g/mol. The fourth-order valence-corrected chi connectivity index (χ4v) is 2.13. The molecule has 2 aromatic rings. The van der Waals surface area contributed by atoms with Crippen molar-refractivity contribution in [2.75, 3.05) is 6.54 Å². The van der Waals surface area contributed by atoms with Crippen LogP contribution in [0.4, 0.5) is 0 Å². The summed E-state index contributed by atoms with van der Waals surface area (Å²) in [4.78, 5) is 14.7. The number of carbonyl (C=O) groups excluding carboxylic acids is 1. The van der Waals surface area contributed by atoms with Crippen LogP contribution in [0.5, 0.6) is 0 Å². The van der Waals surface area contributed by atoms with Gasteiger partial charge in [-0.25, -0.2) is 0 Å². The second-order valence-electron chi connectivity index (χ2n) is 4.60. The van der Waals surface area contributed by atoms with Gasteiger partial charge in [-0.15, -0.1) is 0 Å². The Hall–Kier alpha value is -1.81. The summed E-state index contributed by atoms with van der Waals surface area (Å²) < 4.78 is 0. The van der Waals surface area contributed by atoms with Crippen LogP contribution < -0.4 is 11.1 Å². The third-order valence-electron chi connectivity index (χ3n) is 3.11. The first kappa shape index (κ1) is 12.6. The molecule has 0 saturated carbocycles. The van der Waals surface area contributed by atoms with Crippen LogP contribution in [-0.2, 0) is 11.2 Å². The Morgan fingerprint density at radius 1 is 1.44 bits per heavy atom. The number of aryl methyl sites for hydroxylation is 1. The first-order chi connectivity index (χ1) is 8.59. The predicted molar refractivity (Wildman–Crippen MR) is 73.4 cm³/mol. The van der Waals surface area contributed by atoms with Gasteiger partial charge in [0, 0.05) is 23.1 Å². The molecule has 0 unspecified atom stereocenters. The summed E-state index contributed by atoms with van der Waals surface area (Å²) in [5.41, 5.74) is 9.06. The minimum atomic E-state index is -0.450. The molecule has 1 atom stereocenters. The smallest absolute Gasteiger partial charge is 0.236 e. The van der Waals surface area contributed by atoms with Gasteiger partial charge < -0.3 is 16.0 Å². The monoisotopic (exact) mass is 245 g/mol. The van der Waals surface area contributed by atoms with E-state index in [-0.39, 0.29) is 5.91 Å². The number of nitrogens with one attached hydrogen (secondary N) is 2. The highest BCUT2D eigenvalue weighted by molar-refractivity contribution is 5.85. The average molecular weight is 245 g/mol. The van der Waals surface area contributed by atoms with Gasteiger partial charge in [0.25, 0.3) is 0 Å². The number of benzene rings is 1. The largest absolute Gasteiger partial charge is 0.358 e. The maximum atomic E-state index is 11.4. The van der Waals surface area contributed by atoms with Crippen LogP contribution in [0.15, 0.2) is 24.3 Å². The SMILES string of the molecule is Cc1[nH]c2ccccc2c1CCNC(=O)[C@@H](C)N. The van der Waals surface area contributed by atoms with E-state index in [0.29, 0.717) is 6.54 Å². The second-order valence-corrected chi connectivity index (χ2v) is 4.60. The first-order valence-corrected chi connectivity index (χ1v) is 6.19. The van der Waals surface area contributed by atoms with Crippen LogP contribution >= 0.6 is 0 Å². The highest BCUT2D eigenvalue weighted by Gasteiger charge is 2.09. The molecule has 18 heavy (non-hydrogen) atoms. The number of aromatic nitrogens is 1. The van der Waals surface area contributed by atoms with Crippen LogP contribution in [0.2, 0.25) is 0 Å². The minimum absolute atomic E-state index is 0.104. The number of para-hydroxylation sites is 1. The van der Waals surface area contributed by atoms with E-state index >= 15 is 0 Å². The molecule has 1 aromatic carbocycles. The van der Waals surface area contributed by atoms with E-state index in [0.717, 1.165) is 17.6 Å². The lowest BCUT2D eigenvalue weighted by molar-refractivity contribution is -0.121. The number of nitrogens with two attached hydrogens (primary N) is 1. The number of hydrogen-bond acceptors (Lipinski definition) is 2. The lowest BCUT2D eigenvalue weighted by Crippen LogP contribution is -2.39. The van der Waals surface area contributed by atoms with Crippen LogP contribution in [-0.4, -0.2) is 23.5 Å². The van der Waals surface area contributed by atoms with E-state index in [1.165, 1.54) is 10.9 Å². The highest BCUT2D eigenvalue weighted by Crippen LogP contribution is 2.21. The minimum Gasteiger partial charge on any atom is -0.358 e. The first-order valence-electron chi connectivity index (χ1n) is 6.19. The number of rotatable bonds is 4. The molecule has 4 nitrogen and oxygen atoms in total. The molecule has 0 aliphatic rings. The molecule has 0 bridgehead atoms. The topological polar surface area (TPSA) is 70.9 Å². The fourth-order valence-electron chi connectivity index (χ4n) is 2.13. The summed E-state index contributed by atoms with van der Waals surface area (Å²) in [5.74, 6) is -0.104. The van der Waals surface area contributed by atoms with Gasteiger partial charge in [0.1, 0.15) is 0 Å². The Labute approximate surface area is 107 Å². The molecule has 4 heteroatoms. The molecule has 0 fully saturated rings. The Morgan fingerprint density at radius 2 is 2.17 bits per heavy atom. The van der Waals surface area contributed by atoms with Gasteiger partial charge >= 0.3 is 0 Å². The Bertz CT molecular complexity index is 557. The standard InChI is InChI=1S/C14H19N3O/c1-9(15)14(18)16-8-7-11-10(2)17-13-6-4-3-5-12(11)13/h3-6,9,17H,7-8,15H2,1-2H3,(H,16,18)/t9-/m1/s1. The summed E-state index contributed by atoms with van der Waals surface area (Å²) >= 11 is 0. The van der Waals surface area contributed by atoms with Crippen molar-refractivity contribution < 1.29 is 4.79 Å². The number of amides is 1. The Kier molecular flexibility index (Phi) is 3.67. The average Bonchev–Trinajstić information content (AvgIpc) is 2.65. The van der Waals surface area contributed by atoms with Gasteiger partial charge in [-0.2, -0.15) is 0 Å². The zero-order valence-corrected chi connectivity index (χ0v) is 10.8. The lowest BCUT2D eigenvalue weighted by atomic mass is 10.1. The van der Waals surface area contributed by atoms with Gasteiger partial charge in [-0.1, -0.05) is 18.2 Å². The quantitative estimate of drug-likeness (QED) is 0.763. The van der Waals surface area contributed by atoms with Crippen LogP contribution in [0.1, 0.15) is 18.2 Å². The van der Waals surface area contributed by atoms with Crippen molar-refractivity contribution in [3.05, 3.63) is 35.5 Å². The molecule has 4 N–H and O–H groups in total. The van der Waals surface area contributed by atoms with Gasteiger partial charge in [0.2, 0.25) is 5.91 Å². The number of H-pyrrole nitrogens is 1. The number of fused-ring (bicyclic) bond motifs is 1. The summed E-state index contributed by atoms with van der Waals surface area (Å²) in [7, 11) is 0. The van der Waals surface area contributed by atoms with Crippen molar-refractivity contribution >= 4 is 16.8 Å². The van der Waals surface area contributed by atoms with Gasteiger partial charge in [0.05, 0.1) is 6.04 Å². The van der Waals surface area contributed by atoms with Crippen molar-refractivity contribution in [2.24, 2.45) is 5.73 Å². The number of hydrogen-bond donors (Lipinski definition) is 3. The van der Waals surface area contributed by atoms with E-state index in [1.54, 1.807) is 6.92 Å². The molecule has 96 valence electrons. The number of aromatic amines is 1. The molecule has 0 radical (unpaired) electrons. The normalized spacial score (nSPS) is 12.6. The summed E-state index contributed by atoms with van der Waals surface area (Å²) in [6, 6.07) is 7.75. The fraction of sp³-hybridized carbons (Fsp3) is 0.357. The third-order valence-corrected chi connectivity index (χ3v) is 3.11. The van der Waals surface area contributed by atoms with E-state index < -0.39 is 6.04 Å².